The fraction of sp³-hybridized carbons (Fsp3) is 0.941. The average Bonchev–Trinajstić information content (AvgIpc) is 2.48. The molecule has 0 atom stereocenters. The molecule has 0 spiro atoms. The predicted octanol–water partition coefficient (Wildman–Crippen LogP) is 2.10. The molecule has 1 N–H and O–H groups in total. The Morgan fingerprint density at radius 3 is 2.33 bits per heavy atom. The van der Waals surface area contributed by atoms with Gasteiger partial charge in [-0.25, -0.2) is 0 Å². The van der Waals surface area contributed by atoms with Crippen LogP contribution in [0.5, 0.6) is 0 Å². The Kier molecular flexibility index (Phi) is 6.06. The summed E-state index contributed by atoms with van der Waals surface area (Å²) < 4.78 is 0. The van der Waals surface area contributed by atoms with Crippen molar-refractivity contribution in [1.29, 1.82) is 0 Å². The van der Waals surface area contributed by atoms with E-state index in [9.17, 15) is 4.79 Å². The molecule has 1 amide bonds. The third-order valence-corrected chi connectivity index (χ3v) is 5.42. The SMILES string of the molecule is CNC1(CC(=O)N2CCC(CN(C)C)CC2)CCCCC1. The van der Waals surface area contributed by atoms with Crippen LogP contribution < -0.4 is 5.32 Å². The lowest BCUT2D eigenvalue weighted by Gasteiger charge is -2.40. The molecule has 122 valence electrons. The predicted molar refractivity (Wildman–Crippen MR) is 87.4 cm³/mol. The van der Waals surface area contributed by atoms with Gasteiger partial charge in [0.2, 0.25) is 5.91 Å². The first-order valence-corrected chi connectivity index (χ1v) is 8.66. The quantitative estimate of drug-likeness (QED) is 0.844. The van der Waals surface area contributed by atoms with E-state index in [4.69, 9.17) is 0 Å². The average molecular weight is 295 g/mol. The number of amides is 1. The van der Waals surface area contributed by atoms with Crippen LogP contribution in [0.4, 0.5) is 0 Å². The molecule has 0 radical (unpaired) electrons. The maximum atomic E-state index is 12.6. The molecule has 4 heteroatoms. The maximum absolute atomic E-state index is 12.6. The second kappa shape index (κ2) is 7.59. The van der Waals surface area contributed by atoms with Gasteiger partial charge >= 0.3 is 0 Å². The Hall–Kier alpha value is -0.610. The van der Waals surface area contributed by atoms with E-state index in [1.54, 1.807) is 0 Å². The lowest BCUT2D eigenvalue weighted by Crippen LogP contribution is -2.50. The van der Waals surface area contributed by atoms with Gasteiger partial charge in [0.25, 0.3) is 0 Å². The molecule has 0 unspecified atom stereocenters. The summed E-state index contributed by atoms with van der Waals surface area (Å²) in [4.78, 5) is 17.0. The van der Waals surface area contributed by atoms with Gasteiger partial charge in [-0.2, -0.15) is 0 Å². The largest absolute Gasteiger partial charge is 0.343 e. The number of rotatable bonds is 5. The van der Waals surface area contributed by atoms with Crippen LogP contribution in [0.2, 0.25) is 0 Å². The highest BCUT2D eigenvalue weighted by Crippen LogP contribution is 2.31. The molecule has 2 rings (SSSR count). The van der Waals surface area contributed by atoms with Crippen molar-refractivity contribution in [3.63, 3.8) is 0 Å². The van der Waals surface area contributed by atoms with Gasteiger partial charge in [0.1, 0.15) is 0 Å². The first kappa shape index (κ1) is 16.8. The molecular formula is C17H33N3O. The van der Waals surface area contributed by atoms with Crippen molar-refractivity contribution in [3.8, 4) is 0 Å². The summed E-state index contributed by atoms with van der Waals surface area (Å²) >= 11 is 0. The third kappa shape index (κ3) is 4.68. The third-order valence-electron chi connectivity index (χ3n) is 5.42. The molecule has 1 saturated carbocycles. The number of likely N-dealkylation sites (tertiary alicyclic amines) is 1. The van der Waals surface area contributed by atoms with E-state index in [1.807, 2.05) is 7.05 Å². The standard InChI is InChI=1S/C17H33N3O/c1-18-17(9-5-4-6-10-17)13-16(21)20-11-7-15(8-12-20)14-19(2)3/h15,18H,4-14H2,1-3H3. The Morgan fingerprint density at radius 2 is 1.81 bits per heavy atom. The van der Waals surface area contributed by atoms with Crippen LogP contribution in [0.3, 0.4) is 0 Å². The Bertz CT molecular complexity index is 329. The van der Waals surface area contributed by atoms with Crippen LogP contribution >= 0.6 is 0 Å². The molecule has 2 aliphatic rings. The minimum atomic E-state index is 0.0792. The number of carbonyl (C=O) groups excluding carboxylic acids is 1. The Morgan fingerprint density at radius 1 is 1.19 bits per heavy atom. The van der Waals surface area contributed by atoms with E-state index in [1.165, 1.54) is 19.3 Å². The fourth-order valence-electron chi connectivity index (χ4n) is 4.03. The van der Waals surface area contributed by atoms with E-state index in [-0.39, 0.29) is 5.54 Å². The number of hydrogen-bond acceptors (Lipinski definition) is 3. The van der Waals surface area contributed by atoms with Crippen LogP contribution in [0.1, 0.15) is 51.4 Å². The highest BCUT2D eigenvalue weighted by atomic mass is 16.2. The van der Waals surface area contributed by atoms with Crippen molar-refractivity contribution in [2.45, 2.75) is 56.9 Å². The molecule has 0 bridgehead atoms. The number of piperidine rings is 1. The van der Waals surface area contributed by atoms with Gasteiger partial charge in [-0.1, -0.05) is 19.3 Å². The van der Waals surface area contributed by atoms with Gasteiger partial charge in [-0.3, -0.25) is 4.79 Å². The molecule has 1 saturated heterocycles. The summed E-state index contributed by atoms with van der Waals surface area (Å²) in [6, 6.07) is 0. The lowest BCUT2D eigenvalue weighted by atomic mass is 9.79. The van der Waals surface area contributed by atoms with Gasteiger partial charge in [-0.05, 0) is 52.7 Å². The maximum Gasteiger partial charge on any atom is 0.224 e. The minimum Gasteiger partial charge on any atom is -0.343 e. The van der Waals surface area contributed by atoms with E-state index < -0.39 is 0 Å². The highest BCUT2D eigenvalue weighted by molar-refractivity contribution is 5.77. The highest BCUT2D eigenvalue weighted by Gasteiger charge is 2.34. The molecule has 1 aliphatic heterocycles. The van der Waals surface area contributed by atoms with E-state index in [0.29, 0.717) is 12.3 Å². The number of nitrogens with zero attached hydrogens (tertiary/aromatic N) is 2. The van der Waals surface area contributed by atoms with Gasteiger partial charge in [0, 0.05) is 31.6 Å². The number of carbonyl (C=O) groups is 1. The first-order chi connectivity index (χ1) is 10.0. The summed E-state index contributed by atoms with van der Waals surface area (Å²) in [5.41, 5.74) is 0.0792. The molecule has 1 heterocycles. The molecule has 21 heavy (non-hydrogen) atoms. The van der Waals surface area contributed by atoms with Crippen molar-refractivity contribution < 1.29 is 4.79 Å². The van der Waals surface area contributed by atoms with Crippen molar-refractivity contribution >= 4 is 5.91 Å². The molecule has 1 aliphatic carbocycles. The van der Waals surface area contributed by atoms with Crippen molar-refractivity contribution in [2.75, 3.05) is 40.8 Å². The molecular weight excluding hydrogens is 262 g/mol. The molecule has 0 aromatic rings. The van der Waals surface area contributed by atoms with Crippen molar-refractivity contribution in [2.24, 2.45) is 5.92 Å². The van der Waals surface area contributed by atoms with Crippen LogP contribution in [0.25, 0.3) is 0 Å². The molecule has 0 aromatic heterocycles. The van der Waals surface area contributed by atoms with Gasteiger partial charge in [0.05, 0.1) is 0 Å². The topological polar surface area (TPSA) is 35.6 Å². The molecule has 4 nitrogen and oxygen atoms in total. The summed E-state index contributed by atoms with van der Waals surface area (Å²) in [5, 5.41) is 3.47. The van der Waals surface area contributed by atoms with Gasteiger partial charge in [-0.15, -0.1) is 0 Å². The molecule has 0 aromatic carbocycles. The van der Waals surface area contributed by atoms with Crippen molar-refractivity contribution in [1.82, 2.24) is 15.1 Å². The van der Waals surface area contributed by atoms with Crippen molar-refractivity contribution in [3.05, 3.63) is 0 Å². The lowest BCUT2D eigenvalue weighted by molar-refractivity contribution is -0.134. The summed E-state index contributed by atoms with van der Waals surface area (Å²) in [6.45, 7) is 3.07. The van der Waals surface area contributed by atoms with Crippen LogP contribution in [-0.2, 0) is 4.79 Å². The number of hydrogen-bond donors (Lipinski definition) is 1. The first-order valence-electron chi connectivity index (χ1n) is 8.66. The smallest absolute Gasteiger partial charge is 0.224 e. The molecule has 2 fully saturated rings. The fourth-order valence-corrected chi connectivity index (χ4v) is 4.03. The summed E-state index contributed by atoms with van der Waals surface area (Å²) in [6.07, 6.45) is 9.19. The summed E-state index contributed by atoms with van der Waals surface area (Å²) in [5.74, 6) is 1.13. The second-order valence-corrected chi connectivity index (χ2v) is 7.35. The minimum absolute atomic E-state index is 0.0792. The second-order valence-electron chi connectivity index (χ2n) is 7.35. The van der Waals surface area contributed by atoms with Crippen LogP contribution in [0.15, 0.2) is 0 Å². The van der Waals surface area contributed by atoms with Crippen LogP contribution in [0, 0.1) is 5.92 Å². The number of nitrogens with one attached hydrogen (secondary N) is 1. The monoisotopic (exact) mass is 295 g/mol. The zero-order valence-electron chi connectivity index (χ0n) is 14.2. The zero-order valence-corrected chi connectivity index (χ0v) is 14.2. The van der Waals surface area contributed by atoms with Gasteiger partial charge < -0.3 is 15.1 Å². The van der Waals surface area contributed by atoms with E-state index in [2.05, 4.69) is 29.2 Å². The Balaban J connectivity index is 1.81. The summed E-state index contributed by atoms with van der Waals surface area (Å²) in [7, 11) is 6.30. The Labute approximate surface area is 130 Å². The van der Waals surface area contributed by atoms with Gasteiger partial charge in [0.15, 0.2) is 0 Å². The normalized spacial score (nSPS) is 23.5. The zero-order chi connectivity index (χ0) is 15.3. The van der Waals surface area contributed by atoms with Crippen LogP contribution in [-0.4, -0.2) is 62.0 Å². The van der Waals surface area contributed by atoms with E-state index in [0.717, 1.165) is 51.2 Å². The van der Waals surface area contributed by atoms with E-state index >= 15 is 0 Å².